The molecule has 0 aliphatic rings. The summed E-state index contributed by atoms with van der Waals surface area (Å²) >= 11 is 0. The van der Waals surface area contributed by atoms with Crippen molar-refractivity contribution < 1.29 is 0 Å². The third-order valence-corrected chi connectivity index (χ3v) is 2.01. The van der Waals surface area contributed by atoms with Gasteiger partial charge in [-0.3, -0.25) is 0 Å². The molecule has 1 rings (SSSR count). The topological polar surface area (TPSA) is 48.7 Å². The predicted octanol–water partition coefficient (Wildman–Crippen LogP) is 2.56. The zero-order valence-corrected chi connectivity index (χ0v) is 9.39. The van der Waals surface area contributed by atoms with Crippen LogP contribution in [0.4, 0.5) is 5.82 Å². The summed E-state index contributed by atoms with van der Waals surface area (Å²) in [5.74, 6) is 0.651. The van der Waals surface area contributed by atoms with Gasteiger partial charge in [0.1, 0.15) is 11.9 Å². The van der Waals surface area contributed by atoms with Crippen molar-refractivity contribution in [3.8, 4) is 6.07 Å². The molecule has 1 aromatic rings. The van der Waals surface area contributed by atoms with Crippen molar-refractivity contribution in [3.05, 3.63) is 35.0 Å². The molecule has 0 spiro atoms. The highest BCUT2D eigenvalue weighted by molar-refractivity contribution is 5.56. The molecule has 0 aliphatic heterocycles. The largest absolute Gasteiger partial charge is 0.365 e. The lowest BCUT2D eigenvalue weighted by atomic mass is 10.1. The third-order valence-electron chi connectivity index (χ3n) is 2.01. The van der Waals surface area contributed by atoms with E-state index in [0.29, 0.717) is 17.9 Å². The van der Waals surface area contributed by atoms with Gasteiger partial charge in [0.2, 0.25) is 0 Å². The molecule has 0 fully saturated rings. The molecule has 0 atom stereocenters. The van der Waals surface area contributed by atoms with E-state index >= 15 is 0 Å². The number of hydrogen-bond donors (Lipinski definition) is 1. The van der Waals surface area contributed by atoms with Crippen LogP contribution in [0, 0.1) is 25.2 Å². The monoisotopic (exact) mass is 201 g/mol. The number of aryl methyl sites for hydroxylation is 2. The fourth-order valence-electron chi connectivity index (χ4n) is 1.34. The Morgan fingerprint density at radius 3 is 2.80 bits per heavy atom. The number of pyridine rings is 1. The molecule has 0 radical (unpaired) electrons. The molecule has 0 aromatic carbocycles. The molecule has 15 heavy (non-hydrogen) atoms. The first kappa shape index (κ1) is 11.3. The highest BCUT2D eigenvalue weighted by Crippen LogP contribution is 2.17. The maximum Gasteiger partial charge on any atom is 0.144 e. The summed E-state index contributed by atoms with van der Waals surface area (Å²) in [4.78, 5) is 4.30. The standard InChI is InChI=1S/C12H15N3/c1-8(2)7-14-12-11(6-13)9(3)5-10(4)15-12/h5H,1,7H2,2-4H3,(H,14,15). The van der Waals surface area contributed by atoms with Gasteiger partial charge in [-0.25, -0.2) is 4.98 Å². The zero-order chi connectivity index (χ0) is 11.4. The normalized spacial score (nSPS) is 9.47. The van der Waals surface area contributed by atoms with E-state index in [4.69, 9.17) is 5.26 Å². The molecule has 0 saturated heterocycles. The summed E-state index contributed by atoms with van der Waals surface area (Å²) in [6.07, 6.45) is 0. The number of nitrogens with one attached hydrogen (secondary N) is 1. The van der Waals surface area contributed by atoms with E-state index in [1.807, 2.05) is 26.8 Å². The second-order valence-corrected chi connectivity index (χ2v) is 3.73. The van der Waals surface area contributed by atoms with Gasteiger partial charge in [0, 0.05) is 12.2 Å². The minimum Gasteiger partial charge on any atom is -0.365 e. The molecule has 0 bridgehead atoms. The van der Waals surface area contributed by atoms with Crippen molar-refractivity contribution in [1.82, 2.24) is 4.98 Å². The number of anilines is 1. The van der Waals surface area contributed by atoms with E-state index in [9.17, 15) is 0 Å². The Bertz CT molecular complexity index is 427. The molecule has 1 heterocycles. The lowest BCUT2D eigenvalue weighted by molar-refractivity contribution is 1.11. The van der Waals surface area contributed by atoms with Gasteiger partial charge in [-0.15, -0.1) is 0 Å². The minimum atomic E-state index is 0.613. The second-order valence-electron chi connectivity index (χ2n) is 3.73. The SMILES string of the molecule is C=C(C)CNc1nc(C)cc(C)c1C#N. The molecule has 3 nitrogen and oxygen atoms in total. The summed E-state index contributed by atoms with van der Waals surface area (Å²) in [7, 11) is 0. The molecule has 0 unspecified atom stereocenters. The Morgan fingerprint density at radius 2 is 2.27 bits per heavy atom. The molecule has 3 heteroatoms. The quantitative estimate of drug-likeness (QED) is 0.764. The lowest BCUT2D eigenvalue weighted by Gasteiger charge is -2.09. The highest BCUT2D eigenvalue weighted by atomic mass is 15.0. The van der Waals surface area contributed by atoms with Gasteiger partial charge < -0.3 is 5.32 Å². The Labute approximate surface area is 90.5 Å². The molecule has 78 valence electrons. The minimum absolute atomic E-state index is 0.613. The first-order valence-electron chi connectivity index (χ1n) is 4.81. The molecule has 0 amide bonds. The maximum absolute atomic E-state index is 9.00. The van der Waals surface area contributed by atoms with E-state index in [2.05, 4.69) is 22.9 Å². The van der Waals surface area contributed by atoms with Crippen LogP contribution < -0.4 is 5.32 Å². The van der Waals surface area contributed by atoms with Crippen LogP contribution in [0.15, 0.2) is 18.2 Å². The van der Waals surface area contributed by atoms with Crippen molar-refractivity contribution in [3.63, 3.8) is 0 Å². The van der Waals surface area contributed by atoms with Crippen LogP contribution >= 0.6 is 0 Å². The fourth-order valence-corrected chi connectivity index (χ4v) is 1.34. The molecule has 1 aromatic heterocycles. The molecular weight excluding hydrogens is 186 g/mol. The van der Waals surface area contributed by atoms with E-state index in [1.165, 1.54) is 0 Å². The number of aromatic nitrogens is 1. The zero-order valence-electron chi connectivity index (χ0n) is 9.39. The van der Waals surface area contributed by atoms with Crippen LogP contribution in [0.1, 0.15) is 23.7 Å². The van der Waals surface area contributed by atoms with Gasteiger partial charge in [0.05, 0.1) is 5.56 Å². The highest BCUT2D eigenvalue weighted by Gasteiger charge is 2.07. The van der Waals surface area contributed by atoms with E-state index in [0.717, 1.165) is 16.8 Å². The molecule has 1 N–H and O–H groups in total. The van der Waals surface area contributed by atoms with Crippen LogP contribution in [0.25, 0.3) is 0 Å². The summed E-state index contributed by atoms with van der Waals surface area (Å²) in [6.45, 7) is 10.2. The van der Waals surface area contributed by atoms with Crippen molar-refractivity contribution in [2.24, 2.45) is 0 Å². The Hall–Kier alpha value is -1.82. The van der Waals surface area contributed by atoms with Crippen LogP contribution in [0.5, 0.6) is 0 Å². The maximum atomic E-state index is 9.00. The van der Waals surface area contributed by atoms with Gasteiger partial charge in [-0.05, 0) is 32.4 Å². The van der Waals surface area contributed by atoms with E-state index in [-0.39, 0.29) is 0 Å². The van der Waals surface area contributed by atoms with Crippen molar-refractivity contribution in [1.29, 1.82) is 5.26 Å². The lowest BCUT2D eigenvalue weighted by Crippen LogP contribution is -2.07. The summed E-state index contributed by atoms with van der Waals surface area (Å²) in [5, 5.41) is 12.1. The summed E-state index contributed by atoms with van der Waals surface area (Å²) < 4.78 is 0. The number of rotatable bonds is 3. The van der Waals surface area contributed by atoms with Crippen LogP contribution in [-0.4, -0.2) is 11.5 Å². The Morgan fingerprint density at radius 1 is 1.60 bits per heavy atom. The van der Waals surface area contributed by atoms with Gasteiger partial charge in [0.25, 0.3) is 0 Å². The molecule has 0 saturated carbocycles. The smallest absolute Gasteiger partial charge is 0.144 e. The summed E-state index contributed by atoms with van der Waals surface area (Å²) in [6, 6.07) is 4.07. The Balaban J connectivity index is 3.05. The Kier molecular flexibility index (Phi) is 3.46. The van der Waals surface area contributed by atoms with Gasteiger partial charge >= 0.3 is 0 Å². The van der Waals surface area contributed by atoms with Crippen LogP contribution in [-0.2, 0) is 0 Å². The first-order chi connectivity index (χ1) is 7.04. The molecule has 0 aliphatic carbocycles. The second kappa shape index (κ2) is 4.61. The average Bonchev–Trinajstić information content (AvgIpc) is 2.13. The first-order valence-corrected chi connectivity index (χ1v) is 4.81. The average molecular weight is 201 g/mol. The number of hydrogen-bond acceptors (Lipinski definition) is 3. The third kappa shape index (κ3) is 2.81. The predicted molar refractivity (Wildman–Crippen MR) is 61.7 cm³/mol. The van der Waals surface area contributed by atoms with Gasteiger partial charge in [-0.2, -0.15) is 5.26 Å². The van der Waals surface area contributed by atoms with Gasteiger partial charge in [-0.1, -0.05) is 12.2 Å². The van der Waals surface area contributed by atoms with E-state index in [1.54, 1.807) is 0 Å². The number of nitrogens with zero attached hydrogens (tertiary/aromatic N) is 2. The van der Waals surface area contributed by atoms with E-state index < -0.39 is 0 Å². The van der Waals surface area contributed by atoms with Crippen LogP contribution in [0.3, 0.4) is 0 Å². The van der Waals surface area contributed by atoms with Crippen molar-refractivity contribution >= 4 is 5.82 Å². The number of nitriles is 1. The molecular formula is C12H15N3. The summed E-state index contributed by atoms with van der Waals surface area (Å²) in [5.41, 5.74) is 3.49. The van der Waals surface area contributed by atoms with Crippen molar-refractivity contribution in [2.75, 3.05) is 11.9 Å². The van der Waals surface area contributed by atoms with Crippen LogP contribution in [0.2, 0.25) is 0 Å². The van der Waals surface area contributed by atoms with Gasteiger partial charge in [0.15, 0.2) is 0 Å². The van der Waals surface area contributed by atoms with Crippen molar-refractivity contribution in [2.45, 2.75) is 20.8 Å². The fraction of sp³-hybridized carbons (Fsp3) is 0.333.